The average molecular weight is 187 g/mol. The Labute approximate surface area is 78.9 Å². The van der Waals surface area contributed by atoms with Crippen LogP contribution in [0, 0.1) is 0 Å². The Kier molecular flexibility index (Phi) is 5.93. The molecule has 0 aliphatic carbocycles. The number of hydrogen-bond acceptors (Lipinski definition) is 3. The third-order valence-electron chi connectivity index (χ3n) is 1.66. The van der Waals surface area contributed by atoms with Gasteiger partial charge in [0.05, 0.1) is 6.61 Å². The van der Waals surface area contributed by atoms with Gasteiger partial charge >= 0.3 is 11.9 Å². The number of likely N-dealkylation sites (N-methyl/N-ethyl adjacent to an activating group) is 1. The van der Waals surface area contributed by atoms with E-state index >= 15 is 0 Å². The number of carbonyl (C=O) groups is 2. The van der Waals surface area contributed by atoms with Crippen molar-refractivity contribution in [1.82, 2.24) is 4.90 Å². The molecule has 1 amide bonds. The van der Waals surface area contributed by atoms with E-state index in [4.69, 9.17) is 4.74 Å². The lowest BCUT2D eigenvalue weighted by Crippen LogP contribution is -2.37. The van der Waals surface area contributed by atoms with Crippen molar-refractivity contribution in [3.05, 3.63) is 0 Å². The summed E-state index contributed by atoms with van der Waals surface area (Å²) in [6, 6.07) is 0. The number of amides is 1. The Morgan fingerprint density at radius 3 is 2.08 bits per heavy atom. The van der Waals surface area contributed by atoms with Gasteiger partial charge in [-0.1, -0.05) is 6.92 Å². The highest BCUT2D eigenvalue weighted by Gasteiger charge is 2.20. The van der Waals surface area contributed by atoms with Gasteiger partial charge in [0.2, 0.25) is 0 Å². The molecule has 13 heavy (non-hydrogen) atoms. The second kappa shape index (κ2) is 6.46. The zero-order valence-corrected chi connectivity index (χ0v) is 8.50. The molecule has 0 radical (unpaired) electrons. The Bertz CT molecular complexity index is 176. The molecule has 76 valence electrons. The highest BCUT2D eigenvalue weighted by Crippen LogP contribution is 1.92. The van der Waals surface area contributed by atoms with Crippen molar-refractivity contribution in [2.24, 2.45) is 0 Å². The van der Waals surface area contributed by atoms with Gasteiger partial charge in [0, 0.05) is 13.1 Å². The molecule has 0 bridgehead atoms. The van der Waals surface area contributed by atoms with E-state index in [0.29, 0.717) is 19.7 Å². The maximum absolute atomic E-state index is 11.3. The summed E-state index contributed by atoms with van der Waals surface area (Å²) in [5, 5.41) is 0. The van der Waals surface area contributed by atoms with Gasteiger partial charge in [-0.2, -0.15) is 0 Å². The molecular weight excluding hydrogens is 170 g/mol. The molecule has 0 aliphatic rings. The number of carbonyl (C=O) groups excluding carboxylic acids is 2. The highest BCUT2D eigenvalue weighted by atomic mass is 16.5. The minimum atomic E-state index is -0.745. The van der Waals surface area contributed by atoms with Crippen molar-refractivity contribution >= 4 is 11.9 Å². The average Bonchev–Trinajstić information content (AvgIpc) is 2.15. The molecule has 0 aliphatic heterocycles. The smallest absolute Gasteiger partial charge is 0.397 e. The predicted octanol–water partition coefficient (Wildman–Crippen LogP) is 0.808. The fourth-order valence-corrected chi connectivity index (χ4v) is 0.896. The number of ether oxygens (including phenoxy) is 1. The van der Waals surface area contributed by atoms with Crippen LogP contribution >= 0.6 is 0 Å². The minimum Gasteiger partial charge on any atom is -0.459 e. The van der Waals surface area contributed by atoms with Gasteiger partial charge in [-0.15, -0.1) is 0 Å². The van der Waals surface area contributed by atoms with E-state index in [9.17, 15) is 9.59 Å². The van der Waals surface area contributed by atoms with Crippen LogP contribution in [0.2, 0.25) is 0 Å². The van der Waals surface area contributed by atoms with Crippen LogP contribution in [0.3, 0.4) is 0 Å². The van der Waals surface area contributed by atoms with Crippen molar-refractivity contribution in [2.75, 3.05) is 19.7 Å². The van der Waals surface area contributed by atoms with Crippen LogP contribution < -0.4 is 0 Å². The predicted molar refractivity (Wildman–Crippen MR) is 49.2 cm³/mol. The second-order valence-electron chi connectivity index (χ2n) is 2.61. The van der Waals surface area contributed by atoms with E-state index in [1.54, 1.807) is 0 Å². The van der Waals surface area contributed by atoms with Crippen molar-refractivity contribution < 1.29 is 14.3 Å². The van der Waals surface area contributed by atoms with Crippen LogP contribution in [0.1, 0.15) is 27.2 Å². The number of nitrogens with zero attached hydrogens (tertiary/aromatic N) is 1. The van der Waals surface area contributed by atoms with Crippen LogP contribution in [0.15, 0.2) is 0 Å². The lowest BCUT2D eigenvalue weighted by Gasteiger charge is -2.16. The molecule has 0 fully saturated rings. The second-order valence-corrected chi connectivity index (χ2v) is 2.61. The largest absolute Gasteiger partial charge is 0.459 e. The summed E-state index contributed by atoms with van der Waals surface area (Å²) < 4.78 is 4.71. The summed E-state index contributed by atoms with van der Waals surface area (Å²) in [6.07, 6.45) is 0.733. The molecule has 0 aromatic rings. The molecule has 0 atom stereocenters. The fourth-order valence-electron chi connectivity index (χ4n) is 0.896. The molecule has 0 N–H and O–H groups in total. The van der Waals surface area contributed by atoms with Gasteiger partial charge in [0.1, 0.15) is 0 Å². The maximum atomic E-state index is 11.3. The van der Waals surface area contributed by atoms with Gasteiger partial charge in [-0.25, -0.2) is 4.79 Å². The van der Waals surface area contributed by atoms with Crippen LogP contribution in [-0.4, -0.2) is 36.5 Å². The molecular formula is C9H17NO3. The zero-order chi connectivity index (χ0) is 10.3. The Morgan fingerprint density at radius 2 is 1.69 bits per heavy atom. The standard InChI is InChI=1S/C9H17NO3/c1-4-7-13-9(12)8(11)10(5-2)6-3/h4-7H2,1-3H3. The summed E-state index contributed by atoms with van der Waals surface area (Å²) in [4.78, 5) is 23.8. The lowest BCUT2D eigenvalue weighted by atomic mass is 10.4. The first-order valence-corrected chi connectivity index (χ1v) is 4.63. The molecule has 0 aromatic carbocycles. The molecule has 0 heterocycles. The Morgan fingerprint density at radius 1 is 1.15 bits per heavy atom. The zero-order valence-electron chi connectivity index (χ0n) is 8.50. The van der Waals surface area contributed by atoms with Gasteiger partial charge in [0.25, 0.3) is 0 Å². The number of rotatable bonds is 4. The third kappa shape index (κ3) is 3.92. The number of hydrogen-bond donors (Lipinski definition) is 0. The first-order valence-electron chi connectivity index (χ1n) is 4.63. The summed E-state index contributed by atoms with van der Waals surface area (Å²) >= 11 is 0. The van der Waals surface area contributed by atoms with Gasteiger partial charge in [-0.05, 0) is 20.3 Å². The van der Waals surface area contributed by atoms with Crippen LogP contribution in [0.25, 0.3) is 0 Å². The van der Waals surface area contributed by atoms with E-state index in [-0.39, 0.29) is 0 Å². The monoisotopic (exact) mass is 187 g/mol. The normalized spacial score (nSPS) is 9.46. The van der Waals surface area contributed by atoms with Gasteiger partial charge < -0.3 is 9.64 Å². The molecule has 0 saturated heterocycles. The van der Waals surface area contributed by atoms with Crippen molar-refractivity contribution in [3.8, 4) is 0 Å². The highest BCUT2D eigenvalue weighted by molar-refractivity contribution is 6.32. The quantitative estimate of drug-likeness (QED) is 0.483. The summed E-state index contributed by atoms with van der Waals surface area (Å²) in [6.45, 7) is 6.93. The summed E-state index contributed by atoms with van der Waals surface area (Å²) in [5.74, 6) is -1.29. The van der Waals surface area contributed by atoms with Crippen molar-refractivity contribution in [3.63, 3.8) is 0 Å². The SMILES string of the molecule is CCCOC(=O)C(=O)N(CC)CC. The summed E-state index contributed by atoms with van der Waals surface area (Å²) in [7, 11) is 0. The first kappa shape index (κ1) is 11.9. The minimum absolute atomic E-state index is 0.311. The van der Waals surface area contributed by atoms with Crippen LogP contribution in [-0.2, 0) is 14.3 Å². The van der Waals surface area contributed by atoms with E-state index < -0.39 is 11.9 Å². The lowest BCUT2D eigenvalue weighted by molar-refractivity contribution is -0.160. The van der Waals surface area contributed by atoms with Gasteiger partial charge in [-0.3, -0.25) is 4.79 Å². The van der Waals surface area contributed by atoms with E-state index in [2.05, 4.69) is 0 Å². The molecule has 0 unspecified atom stereocenters. The molecule has 0 aromatic heterocycles. The topological polar surface area (TPSA) is 46.6 Å². The Hall–Kier alpha value is -1.06. The fraction of sp³-hybridized carbons (Fsp3) is 0.778. The summed E-state index contributed by atoms with van der Waals surface area (Å²) in [5.41, 5.74) is 0. The first-order chi connectivity index (χ1) is 6.17. The van der Waals surface area contributed by atoms with E-state index in [1.165, 1.54) is 4.90 Å². The third-order valence-corrected chi connectivity index (χ3v) is 1.66. The van der Waals surface area contributed by atoms with Crippen molar-refractivity contribution in [2.45, 2.75) is 27.2 Å². The molecule has 4 nitrogen and oxygen atoms in total. The van der Waals surface area contributed by atoms with Crippen LogP contribution in [0.5, 0.6) is 0 Å². The Balaban J connectivity index is 4.00. The van der Waals surface area contributed by atoms with Crippen molar-refractivity contribution in [1.29, 1.82) is 0 Å². The molecule has 4 heteroatoms. The maximum Gasteiger partial charge on any atom is 0.397 e. The van der Waals surface area contributed by atoms with E-state index in [0.717, 1.165) is 6.42 Å². The van der Waals surface area contributed by atoms with Crippen LogP contribution in [0.4, 0.5) is 0 Å². The molecule has 0 rings (SSSR count). The molecule has 0 spiro atoms. The molecule has 0 saturated carbocycles. The van der Waals surface area contributed by atoms with E-state index in [1.807, 2.05) is 20.8 Å². The number of esters is 1. The van der Waals surface area contributed by atoms with Gasteiger partial charge in [0.15, 0.2) is 0 Å².